The monoisotopic (exact) mass is 496 g/mol. The van der Waals surface area contributed by atoms with E-state index in [0.29, 0.717) is 13.0 Å². The molecule has 1 aromatic heterocycles. The number of halogens is 2. The molecule has 0 spiro atoms. The van der Waals surface area contributed by atoms with Crippen LogP contribution in [-0.2, 0) is 21.0 Å². The highest BCUT2D eigenvalue weighted by atomic mass is 32.2. The molecule has 34 heavy (non-hydrogen) atoms. The third-order valence-electron chi connectivity index (χ3n) is 6.46. The molecule has 1 fully saturated rings. The van der Waals surface area contributed by atoms with E-state index in [0.717, 1.165) is 12.3 Å². The number of benzene rings is 1. The molecule has 0 unspecified atom stereocenters. The number of anilines is 1. The van der Waals surface area contributed by atoms with Gasteiger partial charge in [0.25, 0.3) is 0 Å². The maximum Gasteiger partial charge on any atom is 0.410 e. The lowest BCUT2D eigenvalue weighted by molar-refractivity contribution is 0.00797. The first kappa shape index (κ1) is 24.6. The van der Waals surface area contributed by atoms with Crippen molar-refractivity contribution in [3.8, 4) is 0 Å². The largest absolute Gasteiger partial charge is 0.444 e. The number of carbonyl (C=O) groups excluding carboxylic acids is 1. The summed E-state index contributed by atoms with van der Waals surface area (Å²) in [6, 6.07) is 0.181. The fraction of sp³-hybridized carbons (Fsp3) is 0.609. The summed E-state index contributed by atoms with van der Waals surface area (Å²) >= 11 is 0. The van der Waals surface area contributed by atoms with Gasteiger partial charge in [0.1, 0.15) is 22.8 Å². The molecule has 0 saturated carbocycles. The maximum atomic E-state index is 15.0. The van der Waals surface area contributed by atoms with Crippen LogP contribution >= 0.6 is 0 Å². The maximum absolute atomic E-state index is 15.0. The lowest BCUT2D eigenvalue weighted by Crippen LogP contribution is -2.62. The van der Waals surface area contributed by atoms with Gasteiger partial charge in [-0.2, -0.15) is 0 Å². The van der Waals surface area contributed by atoms with Gasteiger partial charge in [-0.15, -0.1) is 0 Å². The summed E-state index contributed by atoms with van der Waals surface area (Å²) in [4.78, 5) is 24.9. The van der Waals surface area contributed by atoms with E-state index < -0.39 is 38.3 Å². The second-order valence-corrected chi connectivity index (χ2v) is 12.1. The molecule has 8 nitrogen and oxygen atoms in total. The summed E-state index contributed by atoms with van der Waals surface area (Å²) in [5.41, 5.74) is -0.621. The number of fused-ring (bicyclic) bond motifs is 2. The number of aromatic nitrogens is 2. The molecule has 2 aliphatic heterocycles. The first-order valence-electron chi connectivity index (χ1n) is 11.4. The molecule has 3 heterocycles. The zero-order valence-corrected chi connectivity index (χ0v) is 21.0. The molecular formula is C23H30F2N4O4S. The highest BCUT2D eigenvalue weighted by molar-refractivity contribution is 7.90. The van der Waals surface area contributed by atoms with Gasteiger partial charge in [0.15, 0.2) is 5.82 Å². The fourth-order valence-corrected chi connectivity index (χ4v) is 5.34. The van der Waals surface area contributed by atoms with Crippen LogP contribution in [0.5, 0.6) is 0 Å². The Morgan fingerprint density at radius 2 is 1.88 bits per heavy atom. The molecule has 186 valence electrons. The van der Waals surface area contributed by atoms with E-state index >= 15 is 0 Å². The lowest BCUT2D eigenvalue weighted by Gasteiger charge is -2.48. The van der Waals surface area contributed by atoms with Crippen LogP contribution < -0.4 is 4.90 Å². The van der Waals surface area contributed by atoms with Crippen molar-refractivity contribution >= 4 is 32.7 Å². The predicted octanol–water partition coefficient (Wildman–Crippen LogP) is 3.71. The summed E-state index contributed by atoms with van der Waals surface area (Å²) in [7, 11) is -3.86. The smallest absolute Gasteiger partial charge is 0.410 e. The lowest BCUT2D eigenvalue weighted by atomic mass is 9.91. The zero-order valence-electron chi connectivity index (χ0n) is 20.2. The SMILES string of the molecule is CC[C@@H]1CN2c3nc(S(C)(=O)=O)nc4c(F)cc(F)c(c34)C[C@H](C)[C@H]2CN1C(=O)OC(C)(C)C. The van der Waals surface area contributed by atoms with Crippen LogP contribution in [-0.4, -0.2) is 66.4 Å². The minimum atomic E-state index is -3.86. The number of ether oxygens (including phenoxy) is 1. The number of piperazine rings is 1. The van der Waals surface area contributed by atoms with Gasteiger partial charge >= 0.3 is 6.09 Å². The molecule has 2 aromatic rings. The summed E-state index contributed by atoms with van der Waals surface area (Å²) in [5, 5.41) is -0.317. The first-order valence-corrected chi connectivity index (χ1v) is 13.2. The van der Waals surface area contributed by atoms with E-state index in [1.54, 1.807) is 25.7 Å². The first-order chi connectivity index (χ1) is 15.7. The topological polar surface area (TPSA) is 92.7 Å². The summed E-state index contributed by atoms with van der Waals surface area (Å²) < 4.78 is 60.1. The Hall–Kier alpha value is -2.56. The van der Waals surface area contributed by atoms with Crippen molar-refractivity contribution < 1.29 is 26.7 Å². The van der Waals surface area contributed by atoms with Crippen LogP contribution in [0.15, 0.2) is 11.2 Å². The number of nitrogens with zero attached hydrogens (tertiary/aromatic N) is 4. The van der Waals surface area contributed by atoms with Crippen LogP contribution in [0.2, 0.25) is 0 Å². The third-order valence-corrected chi connectivity index (χ3v) is 7.30. The highest BCUT2D eigenvalue weighted by Crippen LogP contribution is 2.40. The normalized spacial score (nSPS) is 23.0. The van der Waals surface area contributed by atoms with Gasteiger partial charge < -0.3 is 14.5 Å². The van der Waals surface area contributed by atoms with E-state index in [2.05, 4.69) is 9.97 Å². The molecule has 1 amide bonds. The Morgan fingerprint density at radius 1 is 1.21 bits per heavy atom. The molecule has 1 aromatic carbocycles. The average Bonchev–Trinajstić information content (AvgIpc) is 2.84. The second kappa shape index (κ2) is 8.28. The van der Waals surface area contributed by atoms with Crippen molar-refractivity contribution in [2.45, 2.75) is 70.3 Å². The summed E-state index contributed by atoms with van der Waals surface area (Å²) in [6.45, 7) is 9.87. The van der Waals surface area contributed by atoms with Crippen molar-refractivity contribution in [2.75, 3.05) is 24.2 Å². The van der Waals surface area contributed by atoms with Crippen molar-refractivity contribution in [1.29, 1.82) is 0 Å². The average molecular weight is 497 g/mol. The van der Waals surface area contributed by atoms with Gasteiger partial charge in [-0.3, -0.25) is 0 Å². The Morgan fingerprint density at radius 3 is 2.47 bits per heavy atom. The Balaban J connectivity index is 1.90. The molecule has 3 atom stereocenters. The zero-order chi connectivity index (χ0) is 25.2. The number of amides is 1. The van der Waals surface area contributed by atoms with Crippen molar-refractivity contribution in [1.82, 2.24) is 14.9 Å². The minimum absolute atomic E-state index is 0.151. The minimum Gasteiger partial charge on any atom is -0.444 e. The Kier molecular flexibility index (Phi) is 5.98. The number of hydrogen-bond acceptors (Lipinski definition) is 7. The van der Waals surface area contributed by atoms with Gasteiger partial charge in [-0.1, -0.05) is 13.8 Å². The van der Waals surface area contributed by atoms with Crippen molar-refractivity contribution in [3.05, 3.63) is 23.3 Å². The standard InChI is InChI=1S/C23H30F2N4O4S/c1-7-13-10-29-17(11-28(13)22(30)33-23(3,4)5)12(2)8-14-15(24)9-16(25)19-18(14)20(29)27-21(26-19)34(6,31)32/h9,12-13,17H,7-8,10-11H2,1-6H3/t12-,13+,17+/m0/s1. The highest BCUT2D eigenvalue weighted by Gasteiger charge is 2.43. The molecule has 0 bridgehead atoms. The van der Waals surface area contributed by atoms with Gasteiger partial charge in [0.2, 0.25) is 15.0 Å². The number of sulfone groups is 1. The van der Waals surface area contributed by atoms with Crippen molar-refractivity contribution in [2.24, 2.45) is 5.92 Å². The van der Waals surface area contributed by atoms with E-state index in [1.807, 2.05) is 18.7 Å². The van der Waals surface area contributed by atoms with E-state index in [9.17, 15) is 22.0 Å². The van der Waals surface area contributed by atoms with Gasteiger partial charge in [0.05, 0.1) is 17.5 Å². The molecule has 1 saturated heterocycles. The van der Waals surface area contributed by atoms with Crippen LogP contribution in [0.1, 0.15) is 46.6 Å². The van der Waals surface area contributed by atoms with Crippen LogP contribution in [0.3, 0.4) is 0 Å². The summed E-state index contributed by atoms with van der Waals surface area (Å²) in [5.74, 6) is -1.61. The second-order valence-electron chi connectivity index (χ2n) is 10.2. The molecule has 11 heteroatoms. The third kappa shape index (κ3) is 4.30. The van der Waals surface area contributed by atoms with E-state index in [4.69, 9.17) is 4.74 Å². The van der Waals surface area contributed by atoms with Gasteiger partial charge in [-0.25, -0.2) is 32.0 Å². The van der Waals surface area contributed by atoms with Crippen molar-refractivity contribution in [3.63, 3.8) is 0 Å². The molecular weight excluding hydrogens is 466 g/mol. The number of carbonyl (C=O) groups is 1. The van der Waals surface area contributed by atoms with Crippen LogP contribution in [0.4, 0.5) is 19.4 Å². The molecule has 0 radical (unpaired) electrons. The van der Waals surface area contributed by atoms with E-state index in [-0.39, 0.29) is 53.3 Å². The summed E-state index contributed by atoms with van der Waals surface area (Å²) in [6.07, 6.45) is 1.39. The quantitative estimate of drug-likeness (QED) is 0.585. The Bertz CT molecular complexity index is 1260. The fourth-order valence-electron chi connectivity index (χ4n) is 4.83. The number of hydrogen-bond donors (Lipinski definition) is 0. The predicted molar refractivity (Wildman–Crippen MR) is 124 cm³/mol. The Labute approximate surface area is 198 Å². The van der Waals surface area contributed by atoms with Crippen LogP contribution in [0.25, 0.3) is 10.9 Å². The van der Waals surface area contributed by atoms with Gasteiger partial charge in [0, 0.05) is 31.0 Å². The van der Waals surface area contributed by atoms with E-state index in [1.165, 1.54) is 0 Å². The molecule has 2 aliphatic rings. The van der Waals surface area contributed by atoms with Crippen LogP contribution in [0, 0.1) is 17.6 Å². The molecule has 0 N–H and O–H groups in total. The molecule has 4 rings (SSSR count). The number of rotatable bonds is 2. The molecule has 0 aliphatic carbocycles. The van der Waals surface area contributed by atoms with Gasteiger partial charge in [-0.05, 0) is 39.5 Å².